The van der Waals surface area contributed by atoms with Gasteiger partial charge in [-0.1, -0.05) is 0 Å². The van der Waals surface area contributed by atoms with E-state index in [4.69, 9.17) is 16.1 Å². The minimum absolute atomic E-state index is 0.604. The number of hydrogen-bond acceptors (Lipinski definition) is 4. The molecule has 5 nitrogen and oxygen atoms in total. The summed E-state index contributed by atoms with van der Waals surface area (Å²) in [5, 5.41) is 17.7. The largest absolute Gasteiger partial charge is 0.365 e. The average Bonchev–Trinajstić information content (AvgIpc) is 1.83. The first-order valence-electron chi connectivity index (χ1n) is 2.84. The third-order valence-corrected chi connectivity index (χ3v) is 1.36. The van der Waals surface area contributed by atoms with E-state index in [1.54, 1.807) is 0 Å². The molecule has 0 aromatic rings. The highest BCUT2D eigenvalue weighted by atomic mass is 16.5. The molecule has 0 radical (unpaired) electrons. The SMILES string of the molecule is C[C@H](C(=O)NN)C(C)(O)O. The van der Waals surface area contributed by atoms with Gasteiger partial charge in [-0.15, -0.1) is 0 Å². The lowest BCUT2D eigenvalue weighted by atomic mass is 10.0. The monoisotopic (exact) mass is 148 g/mol. The van der Waals surface area contributed by atoms with Crippen molar-refractivity contribution < 1.29 is 15.0 Å². The van der Waals surface area contributed by atoms with Gasteiger partial charge >= 0.3 is 0 Å². The molecule has 0 saturated carbocycles. The van der Waals surface area contributed by atoms with Crippen molar-refractivity contribution in [2.24, 2.45) is 11.8 Å². The number of amides is 1. The second-order valence-corrected chi connectivity index (χ2v) is 2.32. The molecule has 10 heavy (non-hydrogen) atoms. The Bertz CT molecular complexity index is 129. The third-order valence-electron chi connectivity index (χ3n) is 1.36. The van der Waals surface area contributed by atoms with Crippen LogP contribution in [-0.2, 0) is 4.79 Å². The molecule has 0 aliphatic rings. The summed E-state index contributed by atoms with van der Waals surface area (Å²) in [4.78, 5) is 10.6. The van der Waals surface area contributed by atoms with E-state index in [0.29, 0.717) is 0 Å². The predicted octanol–water partition coefficient (Wildman–Crippen LogP) is -1.69. The van der Waals surface area contributed by atoms with Gasteiger partial charge < -0.3 is 10.2 Å². The summed E-state index contributed by atoms with van der Waals surface area (Å²) in [5.74, 6) is 1.20. The molecule has 0 aromatic carbocycles. The summed E-state index contributed by atoms with van der Waals surface area (Å²) >= 11 is 0. The summed E-state index contributed by atoms with van der Waals surface area (Å²) in [7, 11) is 0. The van der Waals surface area contributed by atoms with Crippen molar-refractivity contribution in [2.45, 2.75) is 19.6 Å². The first-order chi connectivity index (χ1) is 4.39. The highest BCUT2D eigenvalue weighted by molar-refractivity contribution is 5.78. The zero-order valence-corrected chi connectivity index (χ0v) is 5.96. The Morgan fingerprint density at radius 3 is 2.20 bits per heavy atom. The standard InChI is InChI=1S/C5H12N2O3/c1-3(4(8)7-6)5(2,9)10/h3,9-10H,6H2,1-2H3,(H,7,8)/t3-/m1/s1. The fourth-order valence-electron chi connectivity index (χ4n) is 0.373. The van der Waals surface area contributed by atoms with Crippen molar-refractivity contribution in [2.75, 3.05) is 0 Å². The van der Waals surface area contributed by atoms with Crippen molar-refractivity contribution in [1.82, 2.24) is 5.43 Å². The predicted molar refractivity (Wildman–Crippen MR) is 34.3 cm³/mol. The van der Waals surface area contributed by atoms with E-state index >= 15 is 0 Å². The van der Waals surface area contributed by atoms with Crippen LogP contribution in [0.1, 0.15) is 13.8 Å². The molecule has 0 heterocycles. The zero-order valence-electron chi connectivity index (χ0n) is 5.96. The van der Waals surface area contributed by atoms with E-state index in [1.165, 1.54) is 6.92 Å². The maximum atomic E-state index is 10.6. The fraction of sp³-hybridized carbons (Fsp3) is 0.800. The molecule has 5 N–H and O–H groups in total. The van der Waals surface area contributed by atoms with Crippen molar-refractivity contribution in [3.8, 4) is 0 Å². The Morgan fingerprint density at radius 2 is 2.10 bits per heavy atom. The molecule has 0 fully saturated rings. The number of nitrogens with one attached hydrogen (secondary N) is 1. The second-order valence-electron chi connectivity index (χ2n) is 2.32. The Labute approximate surface area is 58.8 Å². The quantitative estimate of drug-likeness (QED) is 0.163. The van der Waals surface area contributed by atoms with Crippen molar-refractivity contribution in [3.63, 3.8) is 0 Å². The molecule has 0 saturated heterocycles. The van der Waals surface area contributed by atoms with Gasteiger partial charge in [0.05, 0.1) is 5.92 Å². The molecule has 60 valence electrons. The maximum Gasteiger partial charge on any atom is 0.242 e. The number of rotatable bonds is 2. The molecule has 0 unspecified atom stereocenters. The van der Waals surface area contributed by atoms with Crippen LogP contribution in [-0.4, -0.2) is 21.9 Å². The van der Waals surface area contributed by atoms with Crippen molar-refractivity contribution in [3.05, 3.63) is 0 Å². The van der Waals surface area contributed by atoms with Crippen LogP contribution in [0.25, 0.3) is 0 Å². The Balaban J connectivity index is 4.08. The van der Waals surface area contributed by atoms with Crippen LogP contribution in [0.3, 0.4) is 0 Å². The highest BCUT2D eigenvalue weighted by Gasteiger charge is 2.30. The lowest BCUT2D eigenvalue weighted by molar-refractivity contribution is -0.186. The molecular weight excluding hydrogens is 136 g/mol. The molecule has 0 aliphatic heterocycles. The molecule has 1 amide bonds. The van der Waals surface area contributed by atoms with Crippen LogP contribution in [0, 0.1) is 5.92 Å². The average molecular weight is 148 g/mol. The van der Waals surface area contributed by atoms with Crippen LogP contribution in [0.4, 0.5) is 0 Å². The number of nitrogens with two attached hydrogens (primary N) is 1. The third kappa shape index (κ3) is 2.30. The van der Waals surface area contributed by atoms with Gasteiger partial charge in [-0.3, -0.25) is 10.2 Å². The van der Waals surface area contributed by atoms with E-state index in [1.807, 2.05) is 5.43 Å². The summed E-state index contributed by atoms with van der Waals surface area (Å²) in [6.45, 7) is 2.48. The number of aliphatic hydroxyl groups is 2. The molecule has 0 bridgehead atoms. The van der Waals surface area contributed by atoms with Gasteiger partial charge in [0.2, 0.25) is 5.91 Å². The van der Waals surface area contributed by atoms with Gasteiger partial charge in [-0.25, -0.2) is 5.84 Å². The lowest BCUT2D eigenvalue weighted by Gasteiger charge is -2.21. The number of hydrazine groups is 1. The van der Waals surface area contributed by atoms with Gasteiger partial charge in [-0.05, 0) is 13.8 Å². The topological polar surface area (TPSA) is 95.6 Å². The summed E-state index contributed by atoms with van der Waals surface area (Å²) in [5.41, 5.74) is 1.81. The van der Waals surface area contributed by atoms with Gasteiger partial charge in [0.25, 0.3) is 0 Å². The molecule has 1 atom stereocenters. The summed E-state index contributed by atoms with van der Waals surface area (Å²) in [6, 6.07) is 0. The van der Waals surface area contributed by atoms with E-state index in [0.717, 1.165) is 6.92 Å². The van der Waals surface area contributed by atoms with Crippen LogP contribution >= 0.6 is 0 Å². The zero-order chi connectivity index (χ0) is 8.36. The summed E-state index contributed by atoms with van der Waals surface area (Å²) in [6.07, 6.45) is 0. The first kappa shape index (κ1) is 9.35. The van der Waals surface area contributed by atoms with Crippen LogP contribution in [0.15, 0.2) is 0 Å². The van der Waals surface area contributed by atoms with E-state index in [-0.39, 0.29) is 0 Å². The summed E-state index contributed by atoms with van der Waals surface area (Å²) < 4.78 is 0. The molecule has 0 aliphatic carbocycles. The normalized spacial score (nSPS) is 14.5. The van der Waals surface area contributed by atoms with Crippen molar-refractivity contribution in [1.29, 1.82) is 0 Å². The number of carbonyl (C=O) groups is 1. The molecule has 0 spiro atoms. The van der Waals surface area contributed by atoms with Gasteiger partial charge in [-0.2, -0.15) is 0 Å². The van der Waals surface area contributed by atoms with E-state index in [9.17, 15) is 4.79 Å². The number of hydrogen-bond donors (Lipinski definition) is 4. The highest BCUT2D eigenvalue weighted by Crippen LogP contribution is 2.11. The van der Waals surface area contributed by atoms with Gasteiger partial charge in [0, 0.05) is 0 Å². The molecule has 5 heteroatoms. The van der Waals surface area contributed by atoms with Crippen molar-refractivity contribution >= 4 is 5.91 Å². The Kier molecular flexibility index (Phi) is 2.77. The minimum Gasteiger partial charge on any atom is -0.365 e. The number of carbonyl (C=O) groups excluding carboxylic acids is 1. The van der Waals surface area contributed by atoms with Gasteiger partial charge in [0.15, 0.2) is 5.79 Å². The van der Waals surface area contributed by atoms with Crippen LogP contribution in [0.2, 0.25) is 0 Å². The van der Waals surface area contributed by atoms with Crippen LogP contribution in [0.5, 0.6) is 0 Å². The molecule has 0 aromatic heterocycles. The Morgan fingerprint density at radius 1 is 1.70 bits per heavy atom. The van der Waals surface area contributed by atoms with E-state index < -0.39 is 17.6 Å². The molecular formula is C5H12N2O3. The Hall–Kier alpha value is -0.650. The smallest absolute Gasteiger partial charge is 0.242 e. The minimum atomic E-state index is -2.01. The van der Waals surface area contributed by atoms with E-state index in [2.05, 4.69) is 0 Å². The fourth-order valence-corrected chi connectivity index (χ4v) is 0.373. The maximum absolute atomic E-state index is 10.6. The first-order valence-corrected chi connectivity index (χ1v) is 2.84. The molecule has 0 rings (SSSR count). The second kappa shape index (κ2) is 2.96. The van der Waals surface area contributed by atoms with Gasteiger partial charge in [0.1, 0.15) is 0 Å². The lowest BCUT2D eigenvalue weighted by Crippen LogP contribution is -2.45. The van der Waals surface area contributed by atoms with Crippen LogP contribution < -0.4 is 11.3 Å².